The second kappa shape index (κ2) is 7.00. The number of carboxylic acid groups (broad SMARTS) is 1. The predicted molar refractivity (Wildman–Crippen MR) is 100 cm³/mol. The zero-order chi connectivity index (χ0) is 18.7. The summed E-state index contributed by atoms with van der Waals surface area (Å²) in [6, 6.07) is 19.9. The van der Waals surface area contributed by atoms with Crippen molar-refractivity contribution in [3.8, 4) is 0 Å². The predicted octanol–water partition coefficient (Wildman–Crippen LogP) is 5.02. The van der Waals surface area contributed by atoms with Crippen molar-refractivity contribution in [2.24, 2.45) is 0 Å². The fourth-order valence-corrected chi connectivity index (χ4v) is 3.11. The quantitative estimate of drug-likeness (QED) is 0.658. The van der Waals surface area contributed by atoms with Crippen LogP contribution < -0.4 is 0 Å². The summed E-state index contributed by atoms with van der Waals surface area (Å²) >= 11 is 0. The van der Waals surface area contributed by atoms with Crippen molar-refractivity contribution >= 4 is 22.7 Å². The molecule has 3 aromatic carbocycles. The molecule has 0 fully saturated rings. The molecule has 3 rings (SSSR count). The molecule has 0 bridgehead atoms. The Balaban J connectivity index is 2.03. The van der Waals surface area contributed by atoms with Crippen LogP contribution in [0.5, 0.6) is 0 Å². The highest BCUT2D eigenvalue weighted by Gasteiger charge is 2.32. The minimum Gasteiger partial charge on any atom is -0.478 e. The molecule has 1 unspecified atom stereocenters. The van der Waals surface area contributed by atoms with Crippen LogP contribution in [0.15, 0.2) is 66.7 Å². The minimum absolute atomic E-state index is 0.0555. The highest BCUT2D eigenvalue weighted by Crippen LogP contribution is 2.35. The molecular weight excluding hydrogens is 328 g/mol. The number of fused-ring (bicyclic) bond motifs is 1. The highest BCUT2D eigenvalue weighted by atomic mass is 16.6. The Morgan fingerprint density at radius 1 is 0.923 bits per heavy atom. The number of benzene rings is 3. The van der Waals surface area contributed by atoms with Gasteiger partial charge in [0.1, 0.15) is 5.60 Å². The van der Waals surface area contributed by atoms with Gasteiger partial charge in [0.15, 0.2) is 0 Å². The Hall–Kier alpha value is -3.14. The number of carboxylic acids is 1. The summed E-state index contributed by atoms with van der Waals surface area (Å²) in [5, 5.41) is 11.4. The molecule has 132 valence electrons. The third-order valence-electron chi connectivity index (χ3n) is 4.73. The van der Waals surface area contributed by atoms with Crippen LogP contribution in [0.25, 0.3) is 10.8 Å². The van der Waals surface area contributed by atoms with E-state index in [9.17, 15) is 14.7 Å². The number of hydrogen-bond donors (Lipinski definition) is 1. The van der Waals surface area contributed by atoms with E-state index in [1.807, 2.05) is 56.3 Å². The maximum Gasteiger partial charge on any atom is 0.339 e. The van der Waals surface area contributed by atoms with Gasteiger partial charge < -0.3 is 9.84 Å². The number of ether oxygens (including phenoxy) is 1. The molecule has 3 aromatic rings. The van der Waals surface area contributed by atoms with Crippen LogP contribution in [0.2, 0.25) is 0 Å². The van der Waals surface area contributed by atoms with Gasteiger partial charge in [-0.25, -0.2) is 9.59 Å². The van der Waals surface area contributed by atoms with Crippen LogP contribution >= 0.6 is 0 Å². The van der Waals surface area contributed by atoms with E-state index in [-0.39, 0.29) is 11.1 Å². The lowest BCUT2D eigenvalue weighted by atomic mass is 9.88. The molecule has 0 heterocycles. The smallest absolute Gasteiger partial charge is 0.339 e. The summed E-state index contributed by atoms with van der Waals surface area (Å²) in [7, 11) is 0. The minimum atomic E-state index is -1.15. The first-order valence-electron chi connectivity index (χ1n) is 8.50. The number of esters is 1. The van der Waals surface area contributed by atoms with Crippen LogP contribution in [0, 0.1) is 0 Å². The molecule has 0 aromatic heterocycles. The van der Waals surface area contributed by atoms with E-state index in [2.05, 4.69) is 0 Å². The number of rotatable bonds is 5. The van der Waals surface area contributed by atoms with Crippen LogP contribution in [0.3, 0.4) is 0 Å². The zero-order valence-corrected chi connectivity index (χ0v) is 14.7. The fraction of sp³-hybridized carbons (Fsp3) is 0.182. The molecule has 1 atom stereocenters. The molecule has 1 N–H and O–H groups in total. The van der Waals surface area contributed by atoms with Crippen molar-refractivity contribution in [1.29, 1.82) is 0 Å². The molecule has 0 aliphatic heterocycles. The standard InChI is InChI=1S/C22H20O4/c1-3-22(2,19-14-8-10-15-9-4-5-11-16(15)19)26-21(25)18-13-7-6-12-17(18)20(23)24/h4-14H,3H2,1-2H3,(H,23,24). The van der Waals surface area contributed by atoms with Gasteiger partial charge in [0.2, 0.25) is 0 Å². The zero-order valence-electron chi connectivity index (χ0n) is 14.7. The SMILES string of the molecule is CCC(C)(OC(=O)c1ccccc1C(=O)O)c1cccc2ccccc12. The van der Waals surface area contributed by atoms with Gasteiger partial charge in [0.25, 0.3) is 0 Å². The number of carbonyl (C=O) groups excluding carboxylic acids is 1. The van der Waals surface area contributed by atoms with Gasteiger partial charge in [-0.2, -0.15) is 0 Å². The van der Waals surface area contributed by atoms with Crippen molar-refractivity contribution < 1.29 is 19.4 Å². The van der Waals surface area contributed by atoms with Gasteiger partial charge in [0, 0.05) is 5.56 Å². The molecule has 0 aliphatic carbocycles. The Kier molecular flexibility index (Phi) is 4.76. The highest BCUT2D eigenvalue weighted by molar-refractivity contribution is 6.02. The molecule has 4 heteroatoms. The van der Waals surface area contributed by atoms with Crippen molar-refractivity contribution in [2.75, 3.05) is 0 Å². The third kappa shape index (κ3) is 3.18. The van der Waals surface area contributed by atoms with Gasteiger partial charge in [-0.05, 0) is 36.2 Å². The van der Waals surface area contributed by atoms with E-state index in [1.165, 1.54) is 12.1 Å². The van der Waals surface area contributed by atoms with Gasteiger partial charge in [-0.15, -0.1) is 0 Å². The molecule has 0 saturated heterocycles. The topological polar surface area (TPSA) is 63.6 Å². The summed E-state index contributed by atoms with van der Waals surface area (Å²) in [5.41, 5.74) is 0.0249. The summed E-state index contributed by atoms with van der Waals surface area (Å²) < 4.78 is 5.86. The van der Waals surface area contributed by atoms with E-state index in [0.29, 0.717) is 6.42 Å². The Bertz CT molecular complexity index is 971. The van der Waals surface area contributed by atoms with Crippen LogP contribution in [0.1, 0.15) is 46.5 Å². The van der Waals surface area contributed by atoms with E-state index < -0.39 is 17.5 Å². The molecular formula is C22H20O4. The molecule has 0 radical (unpaired) electrons. The average Bonchev–Trinajstić information content (AvgIpc) is 2.67. The van der Waals surface area contributed by atoms with Crippen LogP contribution in [-0.2, 0) is 10.3 Å². The molecule has 0 saturated carbocycles. The lowest BCUT2D eigenvalue weighted by Crippen LogP contribution is -2.29. The van der Waals surface area contributed by atoms with Crippen molar-refractivity contribution in [2.45, 2.75) is 25.9 Å². The number of aromatic carboxylic acids is 1. The van der Waals surface area contributed by atoms with Crippen molar-refractivity contribution in [3.05, 3.63) is 83.4 Å². The van der Waals surface area contributed by atoms with Crippen molar-refractivity contribution in [1.82, 2.24) is 0 Å². The first-order valence-corrected chi connectivity index (χ1v) is 8.50. The van der Waals surface area contributed by atoms with E-state index in [4.69, 9.17) is 4.74 Å². The van der Waals surface area contributed by atoms with E-state index in [1.54, 1.807) is 12.1 Å². The fourth-order valence-electron chi connectivity index (χ4n) is 3.11. The van der Waals surface area contributed by atoms with Gasteiger partial charge in [-0.3, -0.25) is 0 Å². The van der Waals surface area contributed by atoms with Gasteiger partial charge in [-0.1, -0.05) is 61.5 Å². The number of carbonyl (C=O) groups is 2. The molecule has 26 heavy (non-hydrogen) atoms. The van der Waals surface area contributed by atoms with Crippen LogP contribution in [-0.4, -0.2) is 17.0 Å². The molecule has 0 spiro atoms. The maximum atomic E-state index is 12.8. The normalized spacial score (nSPS) is 13.2. The Morgan fingerprint density at radius 3 is 2.23 bits per heavy atom. The van der Waals surface area contributed by atoms with Crippen molar-refractivity contribution in [3.63, 3.8) is 0 Å². The van der Waals surface area contributed by atoms with Gasteiger partial charge >= 0.3 is 11.9 Å². The Morgan fingerprint density at radius 2 is 1.54 bits per heavy atom. The first kappa shape index (κ1) is 17.7. The summed E-state index contributed by atoms with van der Waals surface area (Å²) in [6.07, 6.45) is 0.558. The monoisotopic (exact) mass is 348 g/mol. The second-order valence-electron chi connectivity index (χ2n) is 6.35. The molecule has 0 aliphatic rings. The number of hydrogen-bond acceptors (Lipinski definition) is 3. The lowest BCUT2D eigenvalue weighted by Gasteiger charge is -2.30. The Labute approximate surface area is 152 Å². The second-order valence-corrected chi connectivity index (χ2v) is 6.35. The maximum absolute atomic E-state index is 12.8. The molecule has 4 nitrogen and oxygen atoms in total. The molecule has 0 amide bonds. The summed E-state index contributed by atoms with van der Waals surface area (Å²) in [5.74, 6) is -1.79. The van der Waals surface area contributed by atoms with E-state index in [0.717, 1.165) is 16.3 Å². The average molecular weight is 348 g/mol. The largest absolute Gasteiger partial charge is 0.478 e. The first-order chi connectivity index (χ1) is 12.5. The van der Waals surface area contributed by atoms with E-state index >= 15 is 0 Å². The van der Waals surface area contributed by atoms with Crippen LogP contribution in [0.4, 0.5) is 0 Å². The van der Waals surface area contributed by atoms with Gasteiger partial charge in [0.05, 0.1) is 11.1 Å². The summed E-state index contributed by atoms with van der Waals surface area (Å²) in [6.45, 7) is 3.80. The summed E-state index contributed by atoms with van der Waals surface area (Å²) in [4.78, 5) is 24.2. The lowest BCUT2D eigenvalue weighted by molar-refractivity contribution is -0.0136. The third-order valence-corrected chi connectivity index (χ3v) is 4.73.